The topological polar surface area (TPSA) is 107 Å². The zero-order chi connectivity index (χ0) is 13.7. The van der Waals surface area contributed by atoms with Gasteiger partial charge in [0.05, 0.1) is 18.3 Å². The molecule has 1 atom stereocenters. The van der Waals surface area contributed by atoms with Crippen LogP contribution in [-0.2, 0) is 11.2 Å². The van der Waals surface area contributed by atoms with Gasteiger partial charge in [0, 0.05) is 19.0 Å². The highest BCUT2D eigenvalue weighted by atomic mass is 16.4. The van der Waals surface area contributed by atoms with Crippen LogP contribution in [0.25, 0.3) is 0 Å². The van der Waals surface area contributed by atoms with Crippen LogP contribution in [0.4, 0.5) is 5.69 Å². The highest BCUT2D eigenvalue weighted by Crippen LogP contribution is 2.19. The van der Waals surface area contributed by atoms with Gasteiger partial charge in [-0.1, -0.05) is 0 Å². The van der Waals surface area contributed by atoms with Crippen LogP contribution in [0.2, 0.25) is 0 Å². The molecule has 0 saturated carbocycles. The molecule has 1 aromatic carbocycles. The van der Waals surface area contributed by atoms with Gasteiger partial charge in [0.25, 0.3) is 0 Å². The van der Waals surface area contributed by atoms with Crippen molar-refractivity contribution >= 4 is 17.6 Å². The van der Waals surface area contributed by atoms with Gasteiger partial charge in [-0.25, -0.2) is 4.79 Å². The van der Waals surface area contributed by atoms with Crippen LogP contribution >= 0.6 is 0 Å². The lowest BCUT2D eigenvalue weighted by Crippen LogP contribution is -2.18. The van der Waals surface area contributed by atoms with E-state index in [1.54, 1.807) is 0 Å². The van der Waals surface area contributed by atoms with Crippen molar-refractivity contribution in [3.8, 4) is 0 Å². The van der Waals surface area contributed by atoms with Crippen LogP contribution < -0.4 is 5.32 Å². The molecule has 0 aliphatic rings. The molecule has 0 unspecified atom stereocenters. The van der Waals surface area contributed by atoms with E-state index in [2.05, 4.69) is 5.32 Å². The number of benzene rings is 1. The highest BCUT2D eigenvalue weighted by molar-refractivity contribution is 5.92. The summed E-state index contributed by atoms with van der Waals surface area (Å²) in [6, 6.07) is 4.19. The van der Waals surface area contributed by atoms with Crippen molar-refractivity contribution in [1.29, 1.82) is 0 Å². The third-order valence-corrected chi connectivity index (χ3v) is 2.33. The quantitative estimate of drug-likeness (QED) is 0.601. The zero-order valence-corrected chi connectivity index (χ0v) is 9.88. The van der Waals surface area contributed by atoms with E-state index in [1.807, 2.05) is 0 Å². The van der Waals surface area contributed by atoms with Crippen LogP contribution in [0.3, 0.4) is 0 Å². The van der Waals surface area contributed by atoms with Crippen LogP contribution in [0.15, 0.2) is 18.2 Å². The molecule has 4 N–H and O–H groups in total. The molecule has 0 saturated heterocycles. The normalized spacial score (nSPS) is 11.9. The number of carbonyl (C=O) groups is 2. The summed E-state index contributed by atoms with van der Waals surface area (Å²) in [6.07, 6.45) is -0.936. The number of carboxylic acid groups (broad SMARTS) is 1. The average molecular weight is 253 g/mol. The van der Waals surface area contributed by atoms with Crippen LogP contribution in [0, 0.1) is 0 Å². The van der Waals surface area contributed by atoms with Gasteiger partial charge in [-0.15, -0.1) is 0 Å². The fourth-order valence-electron chi connectivity index (χ4n) is 1.53. The number of aliphatic hydroxyl groups excluding tert-OH is 2. The van der Waals surface area contributed by atoms with Crippen molar-refractivity contribution in [1.82, 2.24) is 0 Å². The Morgan fingerprint density at radius 3 is 2.56 bits per heavy atom. The molecule has 6 nitrogen and oxygen atoms in total. The number of hydrogen-bond acceptors (Lipinski definition) is 4. The minimum absolute atomic E-state index is 0.0595. The Morgan fingerprint density at radius 2 is 2.06 bits per heavy atom. The van der Waals surface area contributed by atoms with E-state index in [9.17, 15) is 14.7 Å². The van der Waals surface area contributed by atoms with Crippen LogP contribution in [0.1, 0.15) is 22.8 Å². The molecule has 98 valence electrons. The van der Waals surface area contributed by atoms with Gasteiger partial charge >= 0.3 is 5.97 Å². The lowest BCUT2D eigenvalue weighted by Gasteiger charge is -2.13. The lowest BCUT2D eigenvalue weighted by molar-refractivity contribution is -0.114. The van der Waals surface area contributed by atoms with Gasteiger partial charge in [0.2, 0.25) is 5.91 Å². The SMILES string of the molecule is CC(=O)Nc1ccc(C(=O)O)cc1C[C@H](O)CO. The Balaban J connectivity index is 3.08. The molecule has 0 aliphatic heterocycles. The molecular formula is C12H15NO5. The van der Waals surface area contributed by atoms with E-state index in [4.69, 9.17) is 10.2 Å². The Bertz CT molecular complexity index is 458. The molecule has 0 heterocycles. The van der Waals surface area contributed by atoms with E-state index < -0.39 is 18.7 Å². The van der Waals surface area contributed by atoms with Crippen molar-refractivity contribution in [3.05, 3.63) is 29.3 Å². The number of anilines is 1. The maximum Gasteiger partial charge on any atom is 0.335 e. The summed E-state index contributed by atoms with van der Waals surface area (Å²) in [6.45, 7) is 0.897. The number of amides is 1. The predicted octanol–water partition coefficient (Wildman–Crippen LogP) is 0.239. The summed E-state index contributed by atoms with van der Waals surface area (Å²) < 4.78 is 0. The molecule has 0 radical (unpaired) electrons. The lowest BCUT2D eigenvalue weighted by atomic mass is 10.0. The summed E-state index contributed by atoms with van der Waals surface area (Å²) >= 11 is 0. The maximum absolute atomic E-state index is 11.0. The number of aliphatic hydroxyl groups is 2. The number of carbonyl (C=O) groups excluding carboxylic acids is 1. The van der Waals surface area contributed by atoms with Gasteiger partial charge in [-0.3, -0.25) is 4.79 Å². The standard InChI is InChI=1S/C12H15NO5/c1-7(15)13-11-3-2-8(12(17)18)4-9(11)5-10(16)6-14/h2-4,10,14,16H,5-6H2,1H3,(H,13,15)(H,17,18)/t10-/m0/s1. The van der Waals surface area contributed by atoms with Crippen molar-refractivity contribution < 1.29 is 24.9 Å². The second-order valence-electron chi connectivity index (χ2n) is 3.90. The number of hydrogen-bond donors (Lipinski definition) is 4. The second-order valence-corrected chi connectivity index (χ2v) is 3.90. The first-order valence-electron chi connectivity index (χ1n) is 5.36. The first kappa shape index (κ1) is 14.1. The Kier molecular flexibility index (Phi) is 4.82. The second kappa shape index (κ2) is 6.13. The predicted molar refractivity (Wildman–Crippen MR) is 64.5 cm³/mol. The summed E-state index contributed by atoms with van der Waals surface area (Å²) in [5.74, 6) is -1.39. The Morgan fingerprint density at radius 1 is 1.39 bits per heavy atom. The van der Waals surface area contributed by atoms with Gasteiger partial charge in [0.15, 0.2) is 0 Å². The third kappa shape index (κ3) is 3.83. The van der Waals surface area contributed by atoms with Crippen molar-refractivity contribution in [2.45, 2.75) is 19.4 Å². The Hall–Kier alpha value is -1.92. The Labute approximate surface area is 104 Å². The molecule has 0 aromatic heterocycles. The molecule has 1 amide bonds. The number of carboxylic acids is 1. The average Bonchev–Trinajstić information content (AvgIpc) is 2.30. The molecule has 18 heavy (non-hydrogen) atoms. The summed E-state index contributed by atoms with van der Waals surface area (Å²) in [5.41, 5.74) is 0.955. The summed E-state index contributed by atoms with van der Waals surface area (Å²) in [7, 11) is 0. The van der Waals surface area contributed by atoms with Crippen LogP contribution in [0.5, 0.6) is 0 Å². The molecule has 0 aliphatic carbocycles. The molecule has 1 aromatic rings. The smallest absolute Gasteiger partial charge is 0.335 e. The fraction of sp³-hybridized carbons (Fsp3) is 0.333. The molecule has 6 heteroatoms. The summed E-state index contributed by atoms with van der Waals surface area (Å²) in [4.78, 5) is 21.8. The van der Waals surface area contributed by atoms with E-state index >= 15 is 0 Å². The first-order valence-corrected chi connectivity index (χ1v) is 5.36. The maximum atomic E-state index is 11.0. The van der Waals surface area contributed by atoms with Crippen molar-refractivity contribution in [2.24, 2.45) is 0 Å². The molecular weight excluding hydrogens is 238 g/mol. The summed E-state index contributed by atoms with van der Waals surface area (Å²) in [5, 5.41) is 29.6. The monoisotopic (exact) mass is 253 g/mol. The fourth-order valence-corrected chi connectivity index (χ4v) is 1.53. The van der Waals surface area contributed by atoms with E-state index in [0.29, 0.717) is 11.3 Å². The number of aromatic carboxylic acids is 1. The third-order valence-electron chi connectivity index (χ3n) is 2.33. The molecule has 0 spiro atoms. The van der Waals surface area contributed by atoms with Gasteiger partial charge in [-0.2, -0.15) is 0 Å². The minimum Gasteiger partial charge on any atom is -0.478 e. The molecule has 1 rings (SSSR count). The number of nitrogens with one attached hydrogen (secondary N) is 1. The number of rotatable bonds is 5. The van der Waals surface area contributed by atoms with E-state index in [-0.39, 0.29) is 17.9 Å². The first-order chi connectivity index (χ1) is 8.43. The minimum atomic E-state index is -1.09. The van der Waals surface area contributed by atoms with Gasteiger partial charge in [0.1, 0.15) is 0 Å². The molecule has 0 bridgehead atoms. The van der Waals surface area contributed by atoms with Gasteiger partial charge in [-0.05, 0) is 23.8 Å². The van der Waals surface area contributed by atoms with Gasteiger partial charge < -0.3 is 20.6 Å². The highest BCUT2D eigenvalue weighted by Gasteiger charge is 2.12. The van der Waals surface area contributed by atoms with Crippen molar-refractivity contribution in [2.75, 3.05) is 11.9 Å². The van der Waals surface area contributed by atoms with Crippen molar-refractivity contribution in [3.63, 3.8) is 0 Å². The largest absolute Gasteiger partial charge is 0.478 e. The zero-order valence-electron chi connectivity index (χ0n) is 9.88. The molecule has 0 fully saturated rings. The van der Waals surface area contributed by atoms with E-state index in [1.165, 1.54) is 25.1 Å². The van der Waals surface area contributed by atoms with E-state index in [0.717, 1.165) is 0 Å². The van der Waals surface area contributed by atoms with Crippen LogP contribution in [-0.4, -0.2) is 39.9 Å².